The fourth-order valence-corrected chi connectivity index (χ4v) is 16.2. The zero-order valence-corrected chi connectivity index (χ0v) is 29.5. The molecule has 0 radical (unpaired) electrons. The van der Waals surface area contributed by atoms with Gasteiger partial charge in [0.15, 0.2) is 0 Å². The highest BCUT2D eigenvalue weighted by molar-refractivity contribution is 8.33. The number of rotatable bonds is 3. The first-order valence-corrected chi connectivity index (χ1v) is 19.5. The predicted octanol–water partition coefficient (Wildman–Crippen LogP) is 10.8. The molecule has 3 saturated carbocycles. The molecule has 0 aromatic rings. The highest BCUT2D eigenvalue weighted by Crippen LogP contribution is 2.73. The first-order chi connectivity index (χ1) is 18.4. The zero-order valence-electron chi connectivity index (χ0n) is 28.7. The smallest absolute Gasteiger partial charge is 0.00239 e. The van der Waals surface area contributed by atoms with Crippen LogP contribution in [0.15, 0.2) is 47.6 Å². The summed E-state index contributed by atoms with van der Waals surface area (Å²) in [4.78, 5) is 0. The van der Waals surface area contributed by atoms with Gasteiger partial charge >= 0.3 is 0 Å². The Bertz CT molecular complexity index is 1030. The Balaban J connectivity index is 1.65. The van der Waals surface area contributed by atoms with Gasteiger partial charge in [0, 0.05) is 5.25 Å². The minimum absolute atomic E-state index is 0.208. The van der Waals surface area contributed by atoms with Crippen LogP contribution in [0.3, 0.4) is 0 Å². The van der Waals surface area contributed by atoms with Gasteiger partial charge in [0.25, 0.3) is 0 Å². The first-order valence-electron chi connectivity index (χ1n) is 16.9. The van der Waals surface area contributed by atoms with E-state index in [9.17, 15) is 0 Å². The van der Waals surface area contributed by atoms with Crippen molar-refractivity contribution < 1.29 is 0 Å². The quantitative estimate of drug-likeness (QED) is 0.320. The van der Waals surface area contributed by atoms with E-state index >= 15 is 0 Å². The average Bonchev–Trinajstić information content (AvgIpc) is 3.36. The van der Waals surface area contributed by atoms with Crippen LogP contribution in [-0.2, 0) is 0 Å². The maximum atomic E-state index is 2.83. The van der Waals surface area contributed by atoms with Gasteiger partial charge in [-0.15, -0.1) is 0 Å². The number of fused-ring (bicyclic) bond motifs is 4. The normalized spacial score (nSPS) is 47.4. The van der Waals surface area contributed by atoms with Crippen molar-refractivity contribution in [1.82, 2.24) is 0 Å². The molecule has 5 aliphatic carbocycles. The molecular weight excluding hydrogens is 500 g/mol. The van der Waals surface area contributed by atoms with Crippen LogP contribution in [-0.4, -0.2) is 23.0 Å². The second kappa shape index (κ2) is 10.2. The van der Waals surface area contributed by atoms with E-state index in [1.807, 2.05) is 0 Å². The van der Waals surface area contributed by atoms with E-state index in [0.29, 0.717) is 23.7 Å². The van der Waals surface area contributed by atoms with E-state index in [4.69, 9.17) is 0 Å². The lowest BCUT2D eigenvalue weighted by molar-refractivity contribution is 0.0112. The molecule has 0 aromatic carbocycles. The molecule has 13 atom stereocenters. The number of hydrogen-bond acceptors (Lipinski definition) is 0. The minimum atomic E-state index is -0.934. The Morgan fingerprint density at radius 1 is 0.575 bits per heavy atom. The largest absolute Gasteiger partial charge is 0.239 e. The Morgan fingerprint density at radius 3 is 1.40 bits per heavy atom. The van der Waals surface area contributed by atoms with Crippen molar-refractivity contribution >= 4 is 10.0 Å². The third-order valence-corrected chi connectivity index (χ3v) is 17.8. The lowest BCUT2D eigenvalue weighted by atomic mass is 9.58. The maximum Gasteiger partial charge on any atom is 0.00239 e. The molecule has 0 aliphatic heterocycles. The lowest BCUT2D eigenvalue weighted by Gasteiger charge is -2.56. The summed E-state index contributed by atoms with van der Waals surface area (Å²) >= 11 is 0. The molecule has 5 rings (SSSR count). The average molecular weight is 565 g/mol. The lowest BCUT2D eigenvalue weighted by Crippen LogP contribution is -2.47. The topological polar surface area (TPSA) is 0 Å². The molecule has 0 spiro atoms. The van der Waals surface area contributed by atoms with E-state index in [2.05, 4.69) is 132 Å². The Morgan fingerprint density at radius 2 is 1.00 bits per heavy atom. The molecule has 40 heavy (non-hydrogen) atoms. The van der Waals surface area contributed by atoms with Crippen LogP contribution in [0.5, 0.6) is 0 Å². The third-order valence-electron chi connectivity index (χ3n) is 13.7. The van der Waals surface area contributed by atoms with Gasteiger partial charge in [0.2, 0.25) is 0 Å². The van der Waals surface area contributed by atoms with Gasteiger partial charge in [-0.05, 0) is 111 Å². The van der Waals surface area contributed by atoms with Crippen molar-refractivity contribution in [3.05, 3.63) is 47.6 Å². The second-order valence-corrected chi connectivity index (χ2v) is 21.8. The summed E-state index contributed by atoms with van der Waals surface area (Å²) < 4.78 is 0. The summed E-state index contributed by atoms with van der Waals surface area (Å²) in [6.45, 7) is 30.2. The Kier molecular flexibility index (Phi) is 7.84. The van der Waals surface area contributed by atoms with Crippen LogP contribution in [0.4, 0.5) is 0 Å². The minimum Gasteiger partial charge on any atom is -0.239 e. The first kappa shape index (κ1) is 30.8. The second-order valence-electron chi connectivity index (χ2n) is 17.7. The molecule has 0 heterocycles. The molecule has 13 unspecified atom stereocenters. The molecule has 0 saturated heterocycles. The third kappa shape index (κ3) is 4.61. The van der Waals surface area contributed by atoms with Crippen molar-refractivity contribution in [2.75, 3.05) is 12.5 Å². The Labute approximate surface area is 251 Å². The summed E-state index contributed by atoms with van der Waals surface area (Å²) in [6, 6.07) is 0. The molecule has 0 amide bonds. The molecule has 0 nitrogen and oxygen atoms in total. The molecule has 0 bridgehead atoms. The van der Waals surface area contributed by atoms with Gasteiger partial charge in [0.05, 0.1) is 0 Å². The van der Waals surface area contributed by atoms with Crippen LogP contribution in [0.2, 0.25) is 0 Å². The van der Waals surface area contributed by atoms with Gasteiger partial charge in [0.1, 0.15) is 0 Å². The van der Waals surface area contributed by atoms with Crippen LogP contribution in [0, 0.1) is 81.8 Å². The van der Waals surface area contributed by atoms with Crippen molar-refractivity contribution in [3.63, 3.8) is 0 Å². The van der Waals surface area contributed by atoms with E-state index in [0.717, 1.165) is 57.8 Å². The summed E-state index contributed by atoms with van der Waals surface area (Å²) in [7, 11) is -0.934. The highest BCUT2D eigenvalue weighted by Gasteiger charge is 2.62. The van der Waals surface area contributed by atoms with Crippen LogP contribution in [0.25, 0.3) is 0 Å². The molecule has 226 valence electrons. The van der Waals surface area contributed by atoms with Crippen LogP contribution in [0.1, 0.15) is 89.5 Å². The molecule has 5 aliphatic rings. The summed E-state index contributed by atoms with van der Waals surface area (Å²) in [5.74, 6) is 9.51. The molecule has 1 heteroatoms. The van der Waals surface area contributed by atoms with Crippen molar-refractivity contribution in [2.45, 2.75) is 100 Å². The van der Waals surface area contributed by atoms with Gasteiger partial charge in [-0.2, -0.15) is 0 Å². The summed E-state index contributed by atoms with van der Waals surface area (Å²) in [5, 5.41) is 1.63. The summed E-state index contributed by atoms with van der Waals surface area (Å²) in [5.41, 5.74) is 3.56. The maximum absolute atomic E-state index is 2.83. The fraction of sp³-hybridized carbons (Fsp3) is 0.795. The van der Waals surface area contributed by atoms with Crippen molar-refractivity contribution in [1.29, 1.82) is 0 Å². The zero-order chi connectivity index (χ0) is 29.7. The monoisotopic (exact) mass is 564 g/mol. The van der Waals surface area contributed by atoms with Gasteiger partial charge in [-0.25, -0.2) is 10.0 Å². The number of hydrogen-bond donors (Lipinski definition) is 0. The van der Waals surface area contributed by atoms with Gasteiger partial charge in [-0.3, -0.25) is 0 Å². The fourth-order valence-electron chi connectivity index (χ4n) is 11.2. The summed E-state index contributed by atoms with van der Waals surface area (Å²) in [6.07, 6.45) is 23.0. The van der Waals surface area contributed by atoms with Crippen molar-refractivity contribution in [3.8, 4) is 0 Å². The number of allylic oxidation sites excluding steroid dienone is 8. The van der Waals surface area contributed by atoms with Gasteiger partial charge < -0.3 is 0 Å². The van der Waals surface area contributed by atoms with Gasteiger partial charge in [-0.1, -0.05) is 126 Å². The molecule has 3 fully saturated rings. The highest BCUT2D eigenvalue weighted by atomic mass is 32.3. The van der Waals surface area contributed by atoms with E-state index < -0.39 is 10.0 Å². The predicted molar refractivity (Wildman–Crippen MR) is 181 cm³/mol. The molecular formula is C39H64S. The van der Waals surface area contributed by atoms with E-state index in [1.165, 1.54) is 6.42 Å². The molecule has 0 aromatic heterocycles. The van der Waals surface area contributed by atoms with E-state index in [1.54, 1.807) is 11.1 Å². The van der Waals surface area contributed by atoms with Crippen LogP contribution >= 0.6 is 10.0 Å². The van der Waals surface area contributed by atoms with Crippen molar-refractivity contribution in [2.24, 2.45) is 81.8 Å². The SMILES string of the molecule is CCC1C(C)C(S(C)(C)C2C3C=C(C(C)(C)C)C=CC3C3C=CC(C(C)(C)C)=CC32)C2C(C)C(C)C(C)C(C)C12. The van der Waals surface area contributed by atoms with E-state index in [-0.39, 0.29) is 10.8 Å². The molecule has 0 N–H and O–H groups in total. The van der Waals surface area contributed by atoms with Crippen LogP contribution < -0.4 is 0 Å². The Hall–Kier alpha value is -0.690. The standard InChI is InChI=1S/C39H64S/c1-15-29-26(6)36(35-25(5)23(3)22(2)24(4)34(29)35)40(13,14)37-32-20-27(38(7,8)9)16-18-30(32)31-19-17-28(21-33(31)37)39(10,11)12/h16-26,29-37H,15H2,1-14H3.